The van der Waals surface area contributed by atoms with E-state index in [2.05, 4.69) is 25.8 Å². The van der Waals surface area contributed by atoms with Gasteiger partial charge in [0.25, 0.3) is 5.91 Å². The van der Waals surface area contributed by atoms with Crippen molar-refractivity contribution in [2.45, 2.75) is 20.4 Å². The van der Waals surface area contributed by atoms with E-state index < -0.39 is 0 Å². The van der Waals surface area contributed by atoms with E-state index in [1.54, 1.807) is 18.3 Å². The molecule has 3 N–H and O–H groups in total. The fraction of sp³-hybridized carbons (Fsp3) is 0.308. The number of halogens is 1. The minimum Gasteiger partial charge on any atom is -0.370 e. The Labute approximate surface area is 121 Å². The van der Waals surface area contributed by atoms with Crippen LogP contribution in [0, 0.1) is 6.92 Å². The zero-order chi connectivity index (χ0) is 14.5. The van der Waals surface area contributed by atoms with Gasteiger partial charge < -0.3 is 10.6 Å². The van der Waals surface area contributed by atoms with Crippen LogP contribution in [0.25, 0.3) is 0 Å². The number of nitrogens with one attached hydrogen (secondary N) is 3. The molecule has 6 nitrogen and oxygen atoms in total. The molecule has 0 spiro atoms. The number of nitrogens with zero attached hydrogens (tertiary/aromatic N) is 2. The maximum atomic E-state index is 12.1. The highest BCUT2D eigenvalue weighted by molar-refractivity contribution is 6.29. The number of hydrogen-bond acceptors (Lipinski definition) is 4. The van der Waals surface area contributed by atoms with Gasteiger partial charge in [0.2, 0.25) is 0 Å². The van der Waals surface area contributed by atoms with Gasteiger partial charge >= 0.3 is 0 Å². The fourth-order valence-electron chi connectivity index (χ4n) is 1.73. The molecular weight excluding hydrogens is 278 g/mol. The third-order valence-corrected chi connectivity index (χ3v) is 2.98. The summed E-state index contributed by atoms with van der Waals surface area (Å²) in [6.07, 6.45) is 1.69. The van der Waals surface area contributed by atoms with E-state index in [1.165, 1.54) is 0 Å². The second kappa shape index (κ2) is 6.38. The van der Waals surface area contributed by atoms with Crippen molar-refractivity contribution in [1.82, 2.24) is 20.5 Å². The third kappa shape index (κ3) is 3.48. The molecule has 0 atom stereocenters. The number of rotatable bonds is 5. The third-order valence-electron chi connectivity index (χ3n) is 2.79. The van der Waals surface area contributed by atoms with E-state index in [0.29, 0.717) is 24.5 Å². The lowest BCUT2D eigenvalue weighted by Gasteiger charge is -2.08. The highest BCUT2D eigenvalue weighted by Crippen LogP contribution is 2.14. The average molecular weight is 294 g/mol. The molecule has 0 aliphatic heterocycles. The van der Waals surface area contributed by atoms with Crippen molar-refractivity contribution in [3.63, 3.8) is 0 Å². The molecule has 0 radical (unpaired) electrons. The van der Waals surface area contributed by atoms with E-state index in [9.17, 15) is 4.79 Å². The van der Waals surface area contributed by atoms with Crippen LogP contribution in [0.4, 0.5) is 5.82 Å². The van der Waals surface area contributed by atoms with Gasteiger partial charge in [-0.25, -0.2) is 4.98 Å². The fourth-order valence-corrected chi connectivity index (χ4v) is 1.94. The van der Waals surface area contributed by atoms with Crippen LogP contribution in [0.2, 0.25) is 5.15 Å². The van der Waals surface area contributed by atoms with Crippen molar-refractivity contribution < 1.29 is 4.79 Å². The second-order valence-corrected chi connectivity index (χ2v) is 4.68. The van der Waals surface area contributed by atoms with E-state index in [4.69, 9.17) is 11.6 Å². The summed E-state index contributed by atoms with van der Waals surface area (Å²) < 4.78 is 0. The lowest BCUT2D eigenvalue weighted by atomic mass is 10.2. The first-order valence-corrected chi connectivity index (χ1v) is 6.66. The summed E-state index contributed by atoms with van der Waals surface area (Å²) in [5.74, 6) is 0.388. The zero-order valence-corrected chi connectivity index (χ0v) is 12.1. The van der Waals surface area contributed by atoms with Gasteiger partial charge in [0.15, 0.2) is 0 Å². The molecule has 0 bridgehead atoms. The molecule has 20 heavy (non-hydrogen) atoms. The Balaban J connectivity index is 2.07. The summed E-state index contributed by atoms with van der Waals surface area (Å²) in [6.45, 7) is 4.98. The van der Waals surface area contributed by atoms with Crippen LogP contribution in [-0.4, -0.2) is 27.6 Å². The number of carbonyl (C=O) groups excluding carboxylic acids is 1. The first-order valence-electron chi connectivity index (χ1n) is 6.28. The average Bonchev–Trinajstić information content (AvgIpc) is 2.81. The maximum absolute atomic E-state index is 12.1. The van der Waals surface area contributed by atoms with E-state index in [1.807, 2.05) is 13.8 Å². The van der Waals surface area contributed by atoms with Gasteiger partial charge in [0.05, 0.1) is 6.20 Å². The number of anilines is 1. The highest BCUT2D eigenvalue weighted by atomic mass is 35.5. The van der Waals surface area contributed by atoms with Crippen LogP contribution in [0.3, 0.4) is 0 Å². The van der Waals surface area contributed by atoms with E-state index in [0.717, 1.165) is 11.3 Å². The maximum Gasteiger partial charge on any atom is 0.251 e. The summed E-state index contributed by atoms with van der Waals surface area (Å²) in [6, 6.07) is 3.22. The van der Waals surface area contributed by atoms with Gasteiger partial charge in [0, 0.05) is 29.9 Å². The number of H-pyrrole nitrogens is 1. The molecule has 2 rings (SSSR count). The molecule has 0 aliphatic rings. The summed E-state index contributed by atoms with van der Waals surface area (Å²) in [7, 11) is 0. The molecular formula is C13H16ClN5O. The molecule has 2 aromatic rings. The lowest BCUT2D eigenvalue weighted by Crippen LogP contribution is -2.23. The first kappa shape index (κ1) is 14.3. The minimum absolute atomic E-state index is 0.200. The Morgan fingerprint density at radius 2 is 2.25 bits per heavy atom. The van der Waals surface area contributed by atoms with Crippen molar-refractivity contribution in [1.29, 1.82) is 0 Å². The monoisotopic (exact) mass is 293 g/mol. The second-order valence-electron chi connectivity index (χ2n) is 4.30. The highest BCUT2D eigenvalue weighted by Gasteiger charge is 2.10. The standard InChI is InChI=1S/C13H16ClN5O/c1-3-15-12-5-9(4-11(14)18-12)13(20)16-6-10-7-17-19-8(10)2/h4-5,7H,3,6H2,1-2H3,(H,15,18)(H,16,20)(H,17,19). The normalized spacial score (nSPS) is 10.3. The zero-order valence-electron chi connectivity index (χ0n) is 11.3. The number of aryl methyl sites for hydroxylation is 1. The van der Waals surface area contributed by atoms with Crippen LogP contribution < -0.4 is 10.6 Å². The minimum atomic E-state index is -0.200. The van der Waals surface area contributed by atoms with Crippen molar-refractivity contribution in [2.24, 2.45) is 0 Å². The molecule has 0 fully saturated rings. The van der Waals surface area contributed by atoms with Crippen molar-refractivity contribution in [2.75, 3.05) is 11.9 Å². The largest absolute Gasteiger partial charge is 0.370 e. The molecule has 0 saturated carbocycles. The first-order chi connectivity index (χ1) is 9.60. The van der Waals surface area contributed by atoms with Crippen molar-refractivity contribution in [3.05, 3.63) is 40.3 Å². The SMILES string of the molecule is CCNc1cc(C(=O)NCc2cn[nH]c2C)cc(Cl)n1. The van der Waals surface area contributed by atoms with Gasteiger partial charge in [-0.2, -0.15) is 5.10 Å². The molecule has 106 valence electrons. The van der Waals surface area contributed by atoms with Crippen LogP contribution >= 0.6 is 11.6 Å². The lowest BCUT2D eigenvalue weighted by molar-refractivity contribution is 0.0951. The van der Waals surface area contributed by atoms with Gasteiger partial charge in [-0.3, -0.25) is 9.89 Å². The van der Waals surface area contributed by atoms with Gasteiger partial charge in [-0.1, -0.05) is 11.6 Å². The molecule has 1 amide bonds. The molecule has 0 unspecified atom stereocenters. The summed E-state index contributed by atoms with van der Waals surface area (Å²) in [5.41, 5.74) is 2.36. The quantitative estimate of drug-likeness (QED) is 0.738. The summed E-state index contributed by atoms with van der Waals surface area (Å²) >= 11 is 5.91. The van der Waals surface area contributed by atoms with E-state index >= 15 is 0 Å². The molecule has 0 saturated heterocycles. The van der Waals surface area contributed by atoms with Gasteiger partial charge in [-0.05, 0) is 26.0 Å². The van der Waals surface area contributed by atoms with Crippen LogP contribution in [0.15, 0.2) is 18.3 Å². The van der Waals surface area contributed by atoms with Crippen molar-refractivity contribution >= 4 is 23.3 Å². The molecule has 0 aliphatic carbocycles. The summed E-state index contributed by atoms with van der Waals surface area (Å²) in [4.78, 5) is 16.2. The van der Waals surface area contributed by atoms with Gasteiger partial charge in [0.1, 0.15) is 11.0 Å². The smallest absolute Gasteiger partial charge is 0.251 e. The van der Waals surface area contributed by atoms with Crippen LogP contribution in [-0.2, 0) is 6.54 Å². The predicted octanol–water partition coefficient (Wildman–Crippen LogP) is 2.13. The Morgan fingerprint density at radius 1 is 1.45 bits per heavy atom. The number of amides is 1. The molecule has 7 heteroatoms. The molecule has 0 aromatic carbocycles. The Kier molecular flexibility index (Phi) is 4.57. The van der Waals surface area contributed by atoms with E-state index in [-0.39, 0.29) is 11.1 Å². The number of aromatic nitrogens is 3. The van der Waals surface area contributed by atoms with Gasteiger partial charge in [-0.15, -0.1) is 0 Å². The van der Waals surface area contributed by atoms with Crippen LogP contribution in [0.5, 0.6) is 0 Å². The predicted molar refractivity (Wildman–Crippen MR) is 77.9 cm³/mol. The topological polar surface area (TPSA) is 82.7 Å². The molecule has 2 aromatic heterocycles. The van der Waals surface area contributed by atoms with Crippen molar-refractivity contribution in [3.8, 4) is 0 Å². The Morgan fingerprint density at radius 3 is 2.90 bits per heavy atom. The number of hydrogen-bond donors (Lipinski definition) is 3. The Bertz CT molecular complexity index is 611. The van der Waals surface area contributed by atoms with Crippen LogP contribution in [0.1, 0.15) is 28.5 Å². The Hall–Kier alpha value is -2.08. The number of aromatic amines is 1. The summed E-state index contributed by atoms with van der Waals surface area (Å²) in [5, 5.41) is 12.9. The number of carbonyl (C=O) groups is 1. The number of pyridine rings is 1. The molecule has 2 heterocycles.